The van der Waals surface area contributed by atoms with Gasteiger partial charge >= 0.3 is 0 Å². The Morgan fingerprint density at radius 1 is 1.32 bits per heavy atom. The molecular formula is C17H24ClN. The monoisotopic (exact) mass is 277 g/mol. The molecule has 0 heterocycles. The second-order valence-corrected chi connectivity index (χ2v) is 6.09. The third kappa shape index (κ3) is 6.07. The number of rotatable bonds is 7. The highest BCUT2D eigenvalue weighted by Crippen LogP contribution is 2.22. The Kier molecular flexibility index (Phi) is 6.30. The second-order valence-electron chi connectivity index (χ2n) is 5.66. The van der Waals surface area contributed by atoms with Gasteiger partial charge < -0.3 is 0 Å². The summed E-state index contributed by atoms with van der Waals surface area (Å²) in [6.45, 7) is 10.6. The van der Waals surface area contributed by atoms with E-state index in [0.29, 0.717) is 0 Å². The maximum absolute atomic E-state index is 5.87. The largest absolute Gasteiger partial charge is 0.282 e. The van der Waals surface area contributed by atoms with Crippen molar-refractivity contribution in [1.82, 2.24) is 0 Å². The van der Waals surface area contributed by atoms with Crippen LogP contribution in [0.3, 0.4) is 0 Å². The molecule has 0 bridgehead atoms. The van der Waals surface area contributed by atoms with Crippen molar-refractivity contribution < 1.29 is 0 Å². The molecule has 0 saturated carbocycles. The van der Waals surface area contributed by atoms with Crippen molar-refractivity contribution in [2.75, 3.05) is 0 Å². The maximum Gasteiger partial charge on any atom is 0.0757 e. The fraction of sp³-hybridized carbons (Fsp3) is 0.471. The molecule has 1 rings (SSSR count). The van der Waals surface area contributed by atoms with Crippen molar-refractivity contribution in [1.29, 1.82) is 0 Å². The van der Waals surface area contributed by atoms with Gasteiger partial charge in [0.2, 0.25) is 0 Å². The summed E-state index contributed by atoms with van der Waals surface area (Å²) in [6, 6.07) is 7.72. The molecule has 1 atom stereocenters. The maximum atomic E-state index is 5.87. The summed E-state index contributed by atoms with van der Waals surface area (Å²) in [6.07, 6.45) is 7.31. The number of benzene rings is 1. The highest BCUT2D eigenvalue weighted by Gasteiger charge is 2.17. The minimum atomic E-state index is -0.172. The number of halogens is 1. The lowest BCUT2D eigenvalue weighted by molar-refractivity contribution is 0.461. The Balaban J connectivity index is 2.63. The molecule has 1 aromatic carbocycles. The van der Waals surface area contributed by atoms with Gasteiger partial charge in [0.1, 0.15) is 0 Å². The van der Waals surface area contributed by atoms with Gasteiger partial charge in [-0.3, -0.25) is 4.99 Å². The summed E-state index contributed by atoms with van der Waals surface area (Å²) in [4.78, 5) is 4.68. The van der Waals surface area contributed by atoms with Gasteiger partial charge in [-0.1, -0.05) is 56.5 Å². The highest BCUT2D eigenvalue weighted by molar-refractivity contribution is 6.30. The van der Waals surface area contributed by atoms with Crippen LogP contribution < -0.4 is 0 Å². The molecule has 0 aliphatic heterocycles. The van der Waals surface area contributed by atoms with Gasteiger partial charge in [-0.2, -0.15) is 0 Å². The van der Waals surface area contributed by atoms with Gasteiger partial charge in [-0.15, -0.1) is 6.58 Å². The van der Waals surface area contributed by atoms with E-state index in [0.717, 1.165) is 22.9 Å². The first-order valence-electron chi connectivity index (χ1n) is 6.89. The summed E-state index contributed by atoms with van der Waals surface area (Å²) in [7, 11) is 0. The second kappa shape index (κ2) is 7.49. The fourth-order valence-corrected chi connectivity index (χ4v) is 1.98. The Morgan fingerprint density at radius 3 is 2.47 bits per heavy atom. The molecule has 0 radical (unpaired) electrons. The molecule has 0 amide bonds. The van der Waals surface area contributed by atoms with Gasteiger partial charge in [0, 0.05) is 11.2 Å². The third-order valence-electron chi connectivity index (χ3n) is 3.28. The Hall–Kier alpha value is -1.08. The molecule has 19 heavy (non-hydrogen) atoms. The van der Waals surface area contributed by atoms with E-state index >= 15 is 0 Å². The van der Waals surface area contributed by atoms with E-state index in [1.165, 1.54) is 12.8 Å². The molecular weight excluding hydrogens is 254 g/mol. The molecule has 0 fully saturated rings. The summed E-state index contributed by atoms with van der Waals surface area (Å²) < 4.78 is 0. The van der Waals surface area contributed by atoms with Crippen molar-refractivity contribution in [3.8, 4) is 0 Å². The zero-order chi connectivity index (χ0) is 14.3. The highest BCUT2D eigenvalue weighted by atomic mass is 35.5. The minimum absolute atomic E-state index is 0.172. The molecule has 0 N–H and O–H groups in total. The zero-order valence-corrected chi connectivity index (χ0v) is 13.0. The average molecular weight is 278 g/mol. The van der Waals surface area contributed by atoms with E-state index < -0.39 is 0 Å². The van der Waals surface area contributed by atoms with Crippen LogP contribution in [0.4, 0.5) is 0 Å². The van der Waals surface area contributed by atoms with Crippen LogP contribution in [0.2, 0.25) is 5.02 Å². The number of aliphatic imine (C=N–C) groups is 1. The first kappa shape index (κ1) is 16.0. The summed E-state index contributed by atoms with van der Waals surface area (Å²) in [5.41, 5.74) is 0.899. The van der Waals surface area contributed by atoms with Crippen LogP contribution >= 0.6 is 11.6 Å². The van der Waals surface area contributed by atoms with Crippen LogP contribution in [0.25, 0.3) is 0 Å². The van der Waals surface area contributed by atoms with Crippen LogP contribution in [-0.4, -0.2) is 11.8 Å². The van der Waals surface area contributed by atoms with Crippen molar-refractivity contribution in [3.05, 3.63) is 47.5 Å². The predicted molar refractivity (Wildman–Crippen MR) is 86.3 cm³/mol. The van der Waals surface area contributed by atoms with Gasteiger partial charge in [0.05, 0.1) is 5.54 Å². The summed E-state index contributed by atoms with van der Waals surface area (Å²) >= 11 is 5.87. The smallest absolute Gasteiger partial charge is 0.0757 e. The molecule has 1 unspecified atom stereocenters. The van der Waals surface area contributed by atoms with Crippen LogP contribution in [0.15, 0.2) is 41.9 Å². The lowest BCUT2D eigenvalue weighted by Crippen LogP contribution is -2.18. The predicted octanol–water partition coefficient (Wildman–Crippen LogP) is 5.53. The third-order valence-corrected chi connectivity index (χ3v) is 3.53. The van der Waals surface area contributed by atoms with E-state index in [1.807, 2.05) is 36.6 Å². The van der Waals surface area contributed by atoms with Crippen LogP contribution in [0.5, 0.6) is 0 Å². The number of nitrogens with zero attached hydrogens (tertiary/aromatic N) is 1. The molecule has 1 nitrogen and oxygen atoms in total. The van der Waals surface area contributed by atoms with Crippen LogP contribution in [0.1, 0.15) is 45.6 Å². The van der Waals surface area contributed by atoms with E-state index in [2.05, 4.69) is 32.3 Å². The molecule has 0 aliphatic carbocycles. The molecule has 0 saturated heterocycles. The first-order valence-corrected chi connectivity index (χ1v) is 7.27. The van der Waals surface area contributed by atoms with Crippen LogP contribution in [0, 0.1) is 5.92 Å². The van der Waals surface area contributed by atoms with E-state index in [-0.39, 0.29) is 5.54 Å². The lowest BCUT2D eigenvalue weighted by atomic mass is 9.93. The van der Waals surface area contributed by atoms with E-state index in [1.54, 1.807) is 0 Å². The van der Waals surface area contributed by atoms with Crippen LogP contribution in [-0.2, 0) is 0 Å². The number of hydrogen-bond donors (Lipinski definition) is 0. The zero-order valence-electron chi connectivity index (χ0n) is 12.2. The Labute approximate surface area is 122 Å². The topological polar surface area (TPSA) is 12.4 Å². The Bertz CT molecular complexity index is 419. The van der Waals surface area contributed by atoms with Crippen molar-refractivity contribution in [2.45, 2.75) is 45.6 Å². The molecule has 1 aromatic rings. The first-order chi connectivity index (χ1) is 8.95. The van der Waals surface area contributed by atoms with Gasteiger partial charge in [0.25, 0.3) is 0 Å². The molecule has 104 valence electrons. The van der Waals surface area contributed by atoms with Gasteiger partial charge in [-0.05, 0) is 37.0 Å². The molecule has 0 aliphatic rings. The average Bonchev–Trinajstić information content (AvgIpc) is 2.38. The Morgan fingerprint density at radius 2 is 1.95 bits per heavy atom. The van der Waals surface area contributed by atoms with Crippen molar-refractivity contribution in [2.24, 2.45) is 10.9 Å². The van der Waals surface area contributed by atoms with E-state index in [9.17, 15) is 0 Å². The summed E-state index contributed by atoms with van der Waals surface area (Å²) in [5.74, 6) is 0.745. The lowest BCUT2D eigenvalue weighted by Gasteiger charge is -2.21. The standard InChI is InChI=1S/C17H24ClN/c1-5-17(4,12-6-7-14(2)3)19-13-15-8-10-16(18)11-9-15/h5,8-11,13-14H,1,6-7,12H2,2-4H3. The molecule has 0 aromatic heterocycles. The normalized spacial score (nSPS) is 14.8. The summed E-state index contributed by atoms with van der Waals surface area (Å²) in [5, 5.41) is 0.751. The van der Waals surface area contributed by atoms with Crippen molar-refractivity contribution >= 4 is 17.8 Å². The molecule has 0 spiro atoms. The van der Waals surface area contributed by atoms with Gasteiger partial charge in [-0.25, -0.2) is 0 Å². The fourth-order valence-electron chi connectivity index (χ4n) is 1.86. The quantitative estimate of drug-likeness (QED) is 0.459. The molecule has 2 heteroatoms. The van der Waals surface area contributed by atoms with Crippen molar-refractivity contribution in [3.63, 3.8) is 0 Å². The SMILES string of the molecule is C=CC(C)(CCCC(C)C)N=Cc1ccc(Cl)cc1. The van der Waals surface area contributed by atoms with E-state index in [4.69, 9.17) is 11.6 Å². The van der Waals surface area contributed by atoms with Gasteiger partial charge in [0.15, 0.2) is 0 Å². The minimum Gasteiger partial charge on any atom is -0.282 e. The number of hydrogen-bond acceptors (Lipinski definition) is 1.